The van der Waals surface area contributed by atoms with E-state index in [0.29, 0.717) is 0 Å². The molecule has 0 atom stereocenters. The second-order valence-corrected chi connectivity index (χ2v) is 5.25. The van der Waals surface area contributed by atoms with Gasteiger partial charge in [0.05, 0.1) is 6.33 Å². The number of rotatable bonds is 8. The largest absolute Gasteiger partial charge is 0.385 e. The van der Waals surface area contributed by atoms with E-state index in [-0.39, 0.29) is 24.0 Å². The normalized spacial score (nSPS) is 11.0. The van der Waals surface area contributed by atoms with E-state index in [9.17, 15) is 0 Å². The van der Waals surface area contributed by atoms with Crippen molar-refractivity contribution >= 4 is 29.9 Å². The van der Waals surface area contributed by atoms with Crippen LogP contribution in [0.4, 0.5) is 0 Å². The van der Waals surface area contributed by atoms with E-state index in [1.807, 2.05) is 12.5 Å². The monoisotopic (exact) mass is 443 g/mol. The number of hydrogen-bond acceptors (Lipinski definition) is 3. The van der Waals surface area contributed by atoms with Gasteiger partial charge in [0.1, 0.15) is 0 Å². The third kappa shape index (κ3) is 7.31. The highest BCUT2D eigenvalue weighted by Crippen LogP contribution is 2.06. The Morgan fingerprint density at radius 3 is 2.58 bits per heavy atom. The van der Waals surface area contributed by atoms with Gasteiger partial charge >= 0.3 is 0 Å². The van der Waals surface area contributed by atoms with Crippen LogP contribution >= 0.6 is 24.0 Å². The van der Waals surface area contributed by atoms with E-state index in [1.165, 1.54) is 11.1 Å². The maximum Gasteiger partial charge on any atom is 0.191 e. The number of imidazole rings is 1. The summed E-state index contributed by atoms with van der Waals surface area (Å²) in [6.45, 7) is 3.19. The van der Waals surface area contributed by atoms with E-state index in [2.05, 4.69) is 49.4 Å². The van der Waals surface area contributed by atoms with Gasteiger partial charge in [-0.05, 0) is 17.5 Å². The zero-order valence-corrected chi connectivity index (χ0v) is 16.6. The van der Waals surface area contributed by atoms with Crippen LogP contribution in [0, 0.1) is 0 Å². The molecule has 0 aliphatic heterocycles. The molecule has 1 aromatic heterocycles. The highest BCUT2D eigenvalue weighted by molar-refractivity contribution is 14.0. The van der Waals surface area contributed by atoms with Crippen LogP contribution in [-0.2, 0) is 17.8 Å². The summed E-state index contributed by atoms with van der Waals surface area (Å²) in [7, 11) is 3.49. The van der Waals surface area contributed by atoms with Crippen LogP contribution < -0.4 is 10.6 Å². The smallest absolute Gasteiger partial charge is 0.191 e. The van der Waals surface area contributed by atoms with Gasteiger partial charge in [0.2, 0.25) is 0 Å². The molecule has 1 heterocycles. The average molecular weight is 443 g/mol. The van der Waals surface area contributed by atoms with Crippen LogP contribution in [0.1, 0.15) is 17.5 Å². The zero-order chi connectivity index (χ0) is 16.3. The summed E-state index contributed by atoms with van der Waals surface area (Å²) in [6, 6.07) is 8.56. The predicted octanol–water partition coefficient (Wildman–Crippen LogP) is 2.25. The Bertz CT molecular complexity index is 584. The van der Waals surface area contributed by atoms with Gasteiger partial charge in [-0.3, -0.25) is 4.99 Å². The molecule has 6 nitrogen and oxygen atoms in total. The van der Waals surface area contributed by atoms with E-state index < -0.39 is 0 Å². The number of hydrogen-bond donors (Lipinski definition) is 2. The van der Waals surface area contributed by atoms with Crippen molar-refractivity contribution in [1.29, 1.82) is 0 Å². The topological polar surface area (TPSA) is 63.5 Å². The van der Waals surface area contributed by atoms with Crippen molar-refractivity contribution in [2.75, 3.05) is 27.3 Å². The highest BCUT2D eigenvalue weighted by Gasteiger charge is 1.99. The van der Waals surface area contributed by atoms with Crippen molar-refractivity contribution in [3.8, 4) is 0 Å². The van der Waals surface area contributed by atoms with Gasteiger partial charge in [-0.2, -0.15) is 0 Å². The molecule has 0 aliphatic carbocycles. The molecule has 132 valence electrons. The van der Waals surface area contributed by atoms with Gasteiger partial charge < -0.3 is 19.9 Å². The molecule has 0 radical (unpaired) electrons. The molecular formula is C17H26IN5O. The molecular weight excluding hydrogens is 417 g/mol. The van der Waals surface area contributed by atoms with Crippen molar-refractivity contribution in [2.45, 2.75) is 19.5 Å². The first kappa shape index (κ1) is 20.4. The third-order valence-corrected chi connectivity index (χ3v) is 3.45. The first-order valence-electron chi connectivity index (χ1n) is 7.79. The summed E-state index contributed by atoms with van der Waals surface area (Å²) < 4.78 is 7.08. The van der Waals surface area contributed by atoms with Crippen molar-refractivity contribution in [3.05, 3.63) is 54.1 Å². The SMILES string of the molecule is CN=C(NCCCOC)NCc1ccc(Cn2ccnc2)cc1.I. The number of nitrogens with zero attached hydrogens (tertiary/aromatic N) is 3. The first-order chi connectivity index (χ1) is 11.3. The van der Waals surface area contributed by atoms with Gasteiger partial charge in [-0.25, -0.2) is 4.98 Å². The molecule has 0 aliphatic rings. The molecule has 0 spiro atoms. The Morgan fingerprint density at radius 2 is 1.96 bits per heavy atom. The van der Waals surface area contributed by atoms with Crippen LogP contribution in [0.2, 0.25) is 0 Å². The van der Waals surface area contributed by atoms with Gasteiger partial charge in [0.25, 0.3) is 0 Å². The summed E-state index contributed by atoms with van der Waals surface area (Å²) >= 11 is 0. The molecule has 1 aromatic carbocycles. The van der Waals surface area contributed by atoms with Crippen LogP contribution in [0.5, 0.6) is 0 Å². The summed E-state index contributed by atoms with van der Waals surface area (Å²) in [5, 5.41) is 6.57. The lowest BCUT2D eigenvalue weighted by Gasteiger charge is -2.12. The van der Waals surface area contributed by atoms with Crippen molar-refractivity contribution in [1.82, 2.24) is 20.2 Å². The molecule has 0 unspecified atom stereocenters. The molecule has 0 fully saturated rings. The molecule has 0 saturated heterocycles. The molecule has 7 heteroatoms. The molecule has 24 heavy (non-hydrogen) atoms. The minimum Gasteiger partial charge on any atom is -0.385 e. The molecule has 2 aromatic rings. The number of aromatic nitrogens is 2. The highest BCUT2D eigenvalue weighted by atomic mass is 127. The van der Waals surface area contributed by atoms with Crippen LogP contribution in [-0.4, -0.2) is 42.8 Å². The maximum atomic E-state index is 5.03. The van der Waals surface area contributed by atoms with E-state index >= 15 is 0 Å². The van der Waals surface area contributed by atoms with Crippen LogP contribution in [0.25, 0.3) is 0 Å². The van der Waals surface area contributed by atoms with Gasteiger partial charge in [-0.1, -0.05) is 24.3 Å². The standard InChI is InChI=1S/C17H25N5O.HI/c1-18-17(20-8-3-11-23-2)21-12-15-4-6-16(7-5-15)13-22-10-9-19-14-22;/h4-7,9-10,14H,3,8,11-13H2,1-2H3,(H2,18,20,21);1H. The number of ether oxygens (including phenoxy) is 1. The first-order valence-corrected chi connectivity index (χ1v) is 7.79. The quantitative estimate of drug-likeness (QED) is 0.285. The van der Waals surface area contributed by atoms with Gasteiger partial charge in [-0.15, -0.1) is 24.0 Å². The average Bonchev–Trinajstić information content (AvgIpc) is 3.08. The number of benzene rings is 1. The fourth-order valence-electron chi connectivity index (χ4n) is 2.18. The minimum absolute atomic E-state index is 0. The summed E-state index contributed by atoms with van der Waals surface area (Å²) in [4.78, 5) is 8.27. The lowest BCUT2D eigenvalue weighted by atomic mass is 10.1. The Morgan fingerprint density at radius 1 is 1.21 bits per heavy atom. The van der Waals surface area contributed by atoms with Crippen molar-refractivity contribution in [3.63, 3.8) is 0 Å². The lowest BCUT2D eigenvalue weighted by Crippen LogP contribution is -2.37. The number of halogens is 1. The minimum atomic E-state index is 0. The third-order valence-electron chi connectivity index (χ3n) is 3.45. The Labute approximate surface area is 160 Å². The summed E-state index contributed by atoms with van der Waals surface area (Å²) in [6.07, 6.45) is 6.55. The van der Waals surface area contributed by atoms with E-state index in [0.717, 1.165) is 38.6 Å². The van der Waals surface area contributed by atoms with E-state index in [4.69, 9.17) is 4.74 Å². The molecule has 0 saturated carbocycles. The molecule has 0 amide bonds. The number of nitrogens with one attached hydrogen (secondary N) is 2. The Balaban J connectivity index is 0.00000288. The van der Waals surface area contributed by atoms with Gasteiger partial charge in [0.15, 0.2) is 5.96 Å². The van der Waals surface area contributed by atoms with Crippen molar-refractivity contribution < 1.29 is 4.74 Å². The molecule has 0 bridgehead atoms. The van der Waals surface area contributed by atoms with Crippen LogP contribution in [0.15, 0.2) is 48.0 Å². The van der Waals surface area contributed by atoms with Crippen LogP contribution in [0.3, 0.4) is 0 Å². The summed E-state index contributed by atoms with van der Waals surface area (Å²) in [5.74, 6) is 0.809. The van der Waals surface area contributed by atoms with Crippen molar-refractivity contribution in [2.24, 2.45) is 4.99 Å². The summed E-state index contributed by atoms with van der Waals surface area (Å²) in [5.41, 5.74) is 2.48. The zero-order valence-electron chi connectivity index (χ0n) is 14.2. The Kier molecular flexibility index (Phi) is 10.1. The second-order valence-electron chi connectivity index (χ2n) is 5.25. The predicted molar refractivity (Wildman–Crippen MR) is 108 cm³/mol. The molecule has 2 N–H and O–H groups in total. The number of aliphatic imine (C=N–C) groups is 1. The maximum absolute atomic E-state index is 5.03. The van der Waals surface area contributed by atoms with Gasteiger partial charge in [0, 0.05) is 52.8 Å². The molecule has 2 rings (SSSR count). The number of guanidine groups is 1. The Hall–Kier alpha value is -1.61. The second kappa shape index (κ2) is 11.9. The van der Waals surface area contributed by atoms with E-state index in [1.54, 1.807) is 20.4 Å². The fourth-order valence-corrected chi connectivity index (χ4v) is 2.18. The fraction of sp³-hybridized carbons (Fsp3) is 0.412. The lowest BCUT2D eigenvalue weighted by molar-refractivity contribution is 0.195. The number of methoxy groups -OCH3 is 1.